The van der Waals surface area contributed by atoms with Gasteiger partial charge in [-0.15, -0.1) is 0 Å². The maximum Gasteiger partial charge on any atom is 0.139 e. The lowest BCUT2D eigenvalue weighted by Crippen LogP contribution is -2.33. The number of rotatable bonds is 7. The maximum absolute atomic E-state index is 13.6. The molecule has 0 heterocycles. The highest BCUT2D eigenvalue weighted by molar-refractivity contribution is 7.85. The van der Waals surface area contributed by atoms with Crippen LogP contribution in [0.2, 0.25) is 0 Å². The van der Waals surface area contributed by atoms with E-state index >= 15 is 0 Å². The van der Waals surface area contributed by atoms with Crippen LogP contribution in [0.1, 0.15) is 39.0 Å². The molecule has 0 saturated heterocycles. The highest BCUT2D eigenvalue weighted by Gasteiger charge is 2.26. The molecule has 1 aromatic rings. The van der Waals surface area contributed by atoms with E-state index in [0.29, 0.717) is 22.6 Å². The Balaban J connectivity index is 1.85. The smallest absolute Gasteiger partial charge is 0.139 e. The number of benzene rings is 1. The molecule has 0 bridgehead atoms. The van der Waals surface area contributed by atoms with Crippen molar-refractivity contribution < 1.29 is 8.60 Å². The second-order valence-corrected chi connectivity index (χ2v) is 7.06. The highest BCUT2D eigenvalue weighted by Crippen LogP contribution is 2.29. The number of nitrogens with one attached hydrogen (secondary N) is 1. The third kappa shape index (κ3) is 4.13. The minimum absolute atomic E-state index is 0.349. The molecule has 2 rings (SSSR count). The van der Waals surface area contributed by atoms with E-state index in [2.05, 4.69) is 12.2 Å². The first-order valence-corrected chi connectivity index (χ1v) is 8.90. The molecule has 1 aliphatic carbocycles. The van der Waals surface area contributed by atoms with Crippen molar-refractivity contribution in [3.8, 4) is 0 Å². The van der Waals surface area contributed by atoms with Gasteiger partial charge in [0, 0.05) is 11.8 Å². The van der Waals surface area contributed by atoms with Crippen molar-refractivity contribution in [3.63, 3.8) is 0 Å². The van der Waals surface area contributed by atoms with E-state index < -0.39 is 10.8 Å². The van der Waals surface area contributed by atoms with Crippen LogP contribution in [0, 0.1) is 11.7 Å². The molecule has 0 aliphatic heterocycles. The Bertz CT molecular complexity index is 452. The van der Waals surface area contributed by atoms with E-state index in [1.54, 1.807) is 18.2 Å². The van der Waals surface area contributed by atoms with Crippen LogP contribution in [0.25, 0.3) is 0 Å². The molecule has 0 radical (unpaired) electrons. The fourth-order valence-electron chi connectivity index (χ4n) is 2.98. The van der Waals surface area contributed by atoms with E-state index in [0.717, 1.165) is 19.4 Å². The Morgan fingerprint density at radius 2 is 2.15 bits per heavy atom. The van der Waals surface area contributed by atoms with Crippen LogP contribution in [0.3, 0.4) is 0 Å². The fraction of sp³-hybridized carbons (Fsp3) is 0.625. The van der Waals surface area contributed by atoms with Crippen LogP contribution >= 0.6 is 0 Å². The molecule has 3 unspecified atom stereocenters. The minimum atomic E-state index is -1.21. The predicted octanol–water partition coefficient (Wildman–Crippen LogP) is 3.49. The van der Waals surface area contributed by atoms with Gasteiger partial charge in [-0.3, -0.25) is 4.21 Å². The van der Waals surface area contributed by atoms with Crippen molar-refractivity contribution in [2.45, 2.75) is 50.0 Å². The zero-order valence-corrected chi connectivity index (χ0v) is 12.9. The van der Waals surface area contributed by atoms with E-state index in [1.165, 1.54) is 25.3 Å². The van der Waals surface area contributed by atoms with Crippen LogP contribution in [-0.4, -0.2) is 22.5 Å². The van der Waals surface area contributed by atoms with Gasteiger partial charge in [-0.05, 0) is 50.3 Å². The van der Waals surface area contributed by atoms with Crippen LogP contribution in [-0.2, 0) is 10.8 Å². The normalized spacial score (nSPS) is 23.9. The standard InChI is InChI=1S/C16H24FNOS/c1-2-11-18-15-8-5-6-13(15)10-12-20(19)16-9-4-3-7-14(16)17/h3-4,7,9,13,15,18H,2,5-6,8,10-12H2,1H3. The van der Waals surface area contributed by atoms with Gasteiger partial charge >= 0.3 is 0 Å². The monoisotopic (exact) mass is 297 g/mol. The third-order valence-corrected chi connectivity index (χ3v) is 5.50. The molecule has 1 fully saturated rings. The molecule has 112 valence electrons. The molecule has 4 heteroatoms. The maximum atomic E-state index is 13.6. The van der Waals surface area contributed by atoms with Gasteiger partial charge in [0.15, 0.2) is 0 Å². The molecule has 1 aromatic carbocycles. The van der Waals surface area contributed by atoms with Gasteiger partial charge in [0.1, 0.15) is 5.82 Å². The Morgan fingerprint density at radius 1 is 1.35 bits per heavy atom. The van der Waals surface area contributed by atoms with E-state index in [4.69, 9.17) is 0 Å². The van der Waals surface area contributed by atoms with Crippen LogP contribution in [0.15, 0.2) is 29.2 Å². The predicted molar refractivity (Wildman–Crippen MR) is 81.7 cm³/mol. The van der Waals surface area contributed by atoms with Crippen LogP contribution in [0.4, 0.5) is 4.39 Å². The van der Waals surface area contributed by atoms with Gasteiger partial charge < -0.3 is 5.32 Å². The summed E-state index contributed by atoms with van der Waals surface area (Å²) in [4.78, 5) is 0.351. The summed E-state index contributed by atoms with van der Waals surface area (Å²) in [6.07, 6.45) is 5.73. The minimum Gasteiger partial charge on any atom is -0.314 e. The third-order valence-electron chi connectivity index (χ3n) is 4.07. The van der Waals surface area contributed by atoms with E-state index in [9.17, 15) is 8.60 Å². The zero-order chi connectivity index (χ0) is 14.4. The largest absolute Gasteiger partial charge is 0.314 e. The number of hydrogen-bond donors (Lipinski definition) is 1. The van der Waals surface area contributed by atoms with Crippen molar-refractivity contribution in [2.75, 3.05) is 12.3 Å². The Labute approximate surface area is 123 Å². The first-order valence-electron chi connectivity index (χ1n) is 7.58. The first-order chi connectivity index (χ1) is 9.72. The van der Waals surface area contributed by atoms with Gasteiger partial charge in [-0.1, -0.05) is 25.5 Å². The summed E-state index contributed by atoms with van der Waals surface area (Å²) in [6.45, 7) is 3.22. The molecular weight excluding hydrogens is 273 g/mol. The lowest BCUT2D eigenvalue weighted by molar-refractivity contribution is 0.392. The van der Waals surface area contributed by atoms with Crippen molar-refractivity contribution >= 4 is 10.8 Å². The summed E-state index contributed by atoms with van der Waals surface area (Å²) in [7, 11) is -1.21. The molecular formula is C16H24FNOS. The quantitative estimate of drug-likeness (QED) is 0.834. The molecule has 0 aromatic heterocycles. The van der Waals surface area contributed by atoms with Gasteiger partial charge in [0.2, 0.25) is 0 Å². The Hall–Kier alpha value is -0.740. The molecule has 1 saturated carbocycles. The van der Waals surface area contributed by atoms with Gasteiger partial charge in [-0.25, -0.2) is 4.39 Å². The van der Waals surface area contributed by atoms with E-state index in [-0.39, 0.29) is 5.82 Å². The summed E-state index contributed by atoms with van der Waals surface area (Å²) >= 11 is 0. The summed E-state index contributed by atoms with van der Waals surface area (Å²) in [5.41, 5.74) is 0. The van der Waals surface area contributed by atoms with Gasteiger partial charge in [-0.2, -0.15) is 0 Å². The summed E-state index contributed by atoms with van der Waals surface area (Å²) in [5, 5.41) is 3.58. The summed E-state index contributed by atoms with van der Waals surface area (Å²) < 4.78 is 25.8. The fourth-order valence-corrected chi connectivity index (χ4v) is 4.23. The lowest BCUT2D eigenvalue weighted by atomic mass is 10.0. The Kier molecular flexibility index (Phi) is 6.17. The second kappa shape index (κ2) is 7.89. The molecule has 0 amide bonds. The van der Waals surface area contributed by atoms with Crippen LogP contribution in [0.5, 0.6) is 0 Å². The molecule has 0 spiro atoms. The second-order valence-electron chi connectivity index (χ2n) is 5.52. The van der Waals surface area contributed by atoms with Crippen molar-refractivity contribution in [3.05, 3.63) is 30.1 Å². The van der Waals surface area contributed by atoms with Crippen molar-refractivity contribution in [1.82, 2.24) is 5.32 Å². The zero-order valence-electron chi connectivity index (χ0n) is 12.1. The first kappa shape index (κ1) is 15.6. The Morgan fingerprint density at radius 3 is 2.90 bits per heavy atom. The van der Waals surface area contributed by atoms with Crippen molar-refractivity contribution in [1.29, 1.82) is 0 Å². The number of hydrogen-bond acceptors (Lipinski definition) is 2. The molecule has 1 aliphatic rings. The molecule has 20 heavy (non-hydrogen) atoms. The number of halogens is 1. The SMILES string of the molecule is CCCNC1CCCC1CCS(=O)c1ccccc1F. The highest BCUT2D eigenvalue weighted by atomic mass is 32.2. The average Bonchev–Trinajstić information content (AvgIpc) is 2.90. The van der Waals surface area contributed by atoms with Gasteiger partial charge in [0.25, 0.3) is 0 Å². The van der Waals surface area contributed by atoms with Crippen LogP contribution < -0.4 is 5.32 Å². The van der Waals surface area contributed by atoms with E-state index in [1.807, 2.05) is 0 Å². The van der Waals surface area contributed by atoms with Crippen molar-refractivity contribution in [2.24, 2.45) is 5.92 Å². The van der Waals surface area contributed by atoms with Gasteiger partial charge in [0.05, 0.1) is 15.7 Å². The molecule has 1 N–H and O–H groups in total. The lowest BCUT2D eigenvalue weighted by Gasteiger charge is -2.20. The molecule has 3 atom stereocenters. The molecule has 2 nitrogen and oxygen atoms in total. The topological polar surface area (TPSA) is 29.1 Å². The average molecular weight is 297 g/mol. The summed E-state index contributed by atoms with van der Waals surface area (Å²) in [6, 6.07) is 6.96. The summed E-state index contributed by atoms with van der Waals surface area (Å²) in [5.74, 6) is 0.811.